The lowest BCUT2D eigenvalue weighted by atomic mass is 10.2. The van der Waals surface area contributed by atoms with Crippen LogP contribution in [0.5, 0.6) is 11.5 Å². The van der Waals surface area contributed by atoms with Crippen molar-refractivity contribution in [1.29, 1.82) is 0 Å². The fourth-order valence-electron chi connectivity index (χ4n) is 1.15. The van der Waals surface area contributed by atoms with Gasteiger partial charge in [0.2, 0.25) is 6.79 Å². The van der Waals surface area contributed by atoms with Crippen molar-refractivity contribution in [3.8, 4) is 11.5 Å². The summed E-state index contributed by atoms with van der Waals surface area (Å²) in [6, 6.07) is 1.39. The molecule has 2 rings (SSSR count). The molecule has 0 saturated heterocycles. The predicted octanol–water partition coefficient (Wildman–Crippen LogP) is 2.53. The van der Waals surface area contributed by atoms with Crippen LogP contribution >= 0.6 is 27.5 Å². The molecule has 1 aromatic carbocycles. The Kier molecular flexibility index (Phi) is 2.28. The Labute approximate surface area is 92.5 Å². The van der Waals surface area contributed by atoms with Gasteiger partial charge >= 0.3 is 5.97 Å². The van der Waals surface area contributed by atoms with Crippen LogP contribution in [0.2, 0.25) is 5.02 Å². The Morgan fingerprint density at radius 3 is 2.79 bits per heavy atom. The second kappa shape index (κ2) is 3.33. The number of ether oxygens (including phenoxy) is 2. The molecule has 74 valence electrons. The van der Waals surface area contributed by atoms with E-state index >= 15 is 0 Å². The number of carbonyl (C=O) groups is 1. The number of halogens is 2. The highest BCUT2D eigenvalue weighted by Gasteiger charge is 2.25. The van der Waals surface area contributed by atoms with Crippen molar-refractivity contribution in [3.05, 3.63) is 21.1 Å². The molecule has 0 aromatic heterocycles. The van der Waals surface area contributed by atoms with E-state index in [1.54, 1.807) is 0 Å². The molecule has 0 fully saturated rings. The second-order valence-electron chi connectivity index (χ2n) is 2.59. The lowest BCUT2D eigenvalue weighted by Gasteiger charge is -2.04. The van der Waals surface area contributed by atoms with Gasteiger partial charge in [-0.1, -0.05) is 11.6 Å². The van der Waals surface area contributed by atoms with Crippen molar-refractivity contribution in [2.45, 2.75) is 0 Å². The molecule has 1 aromatic rings. The Morgan fingerprint density at radius 2 is 2.14 bits per heavy atom. The minimum atomic E-state index is -1.10. The topological polar surface area (TPSA) is 55.8 Å². The van der Waals surface area contributed by atoms with Crippen LogP contribution in [0.3, 0.4) is 0 Å². The van der Waals surface area contributed by atoms with Gasteiger partial charge in [0.1, 0.15) is 5.02 Å². The Bertz CT molecular complexity index is 418. The molecule has 14 heavy (non-hydrogen) atoms. The smallest absolute Gasteiger partial charge is 0.337 e. The van der Waals surface area contributed by atoms with E-state index in [0.29, 0.717) is 10.2 Å². The average Bonchev–Trinajstić information content (AvgIpc) is 2.59. The molecule has 4 nitrogen and oxygen atoms in total. The first-order valence-electron chi connectivity index (χ1n) is 3.62. The van der Waals surface area contributed by atoms with E-state index in [9.17, 15) is 4.79 Å². The van der Waals surface area contributed by atoms with Crippen LogP contribution in [-0.4, -0.2) is 17.9 Å². The van der Waals surface area contributed by atoms with E-state index in [0.717, 1.165) is 0 Å². The van der Waals surface area contributed by atoms with E-state index in [2.05, 4.69) is 15.9 Å². The summed E-state index contributed by atoms with van der Waals surface area (Å²) in [5.74, 6) is -0.382. The third-order valence-electron chi connectivity index (χ3n) is 1.77. The number of benzene rings is 1. The van der Waals surface area contributed by atoms with Gasteiger partial charge in [0.05, 0.1) is 10.0 Å². The molecular weight excluding hydrogens is 275 g/mol. The maximum Gasteiger partial charge on any atom is 0.337 e. The van der Waals surface area contributed by atoms with E-state index in [-0.39, 0.29) is 23.1 Å². The van der Waals surface area contributed by atoms with Gasteiger partial charge in [0.15, 0.2) is 11.5 Å². The predicted molar refractivity (Wildman–Crippen MR) is 52.2 cm³/mol. The zero-order valence-corrected chi connectivity index (χ0v) is 9.05. The second-order valence-corrected chi connectivity index (χ2v) is 3.82. The number of fused-ring (bicyclic) bond motifs is 1. The number of hydrogen-bond donors (Lipinski definition) is 1. The molecule has 0 aliphatic carbocycles. The molecule has 0 spiro atoms. The van der Waals surface area contributed by atoms with Gasteiger partial charge in [0, 0.05) is 0 Å². The number of rotatable bonds is 1. The molecule has 0 amide bonds. The molecule has 0 atom stereocenters. The van der Waals surface area contributed by atoms with Gasteiger partial charge in [-0.3, -0.25) is 0 Å². The van der Waals surface area contributed by atoms with Gasteiger partial charge in [-0.15, -0.1) is 0 Å². The first-order valence-corrected chi connectivity index (χ1v) is 4.79. The average molecular weight is 279 g/mol. The van der Waals surface area contributed by atoms with E-state index in [1.807, 2.05) is 0 Å². The van der Waals surface area contributed by atoms with Crippen molar-refractivity contribution in [1.82, 2.24) is 0 Å². The van der Waals surface area contributed by atoms with Gasteiger partial charge < -0.3 is 14.6 Å². The normalized spacial score (nSPS) is 13.0. The van der Waals surface area contributed by atoms with E-state index in [4.69, 9.17) is 26.2 Å². The molecule has 1 aliphatic rings. The van der Waals surface area contributed by atoms with Gasteiger partial charge in [-0.05, 0) is 22.0 Å². The van der Waals surface area contributed by atoms with E-state index in [1.165, 1.54) is 6.07 Å². The quantitative estimate of drug-likeness (QED) is 0.858. The SMILES string of the molecule is O=C(O)c1cc(Br)c2c(c1Cl)OCO2. The Morgan fingerprint density at radius 1 is 1.50 bits per heavy atom. The third-order valence-corrected chi connectivity index (χ3v) is 2.73. The van der Waals surface area contributed by atoms with Crippen molar-refractivity contribution < 1.29 is 19.4 Å². The minimum Gasteiger partial charge on any atom is -0.478 e. The van der Waals surface area contributed by atoms with Crippen molar-refractivity contribution in [3.63, 3.8) is 0 Å². The Hall–Kier alpha value is -0.940. The third kappa shape index (κ3) is 1.33. The monoisotopic (exact) mass is 278 g/mol. The van der Waals surface area contributed by atoms with Gasteiger partial charge in [-0.2, -0.15) is 0 Å². The summed E-state index contributed by atoms with van der Waals surface area (Å²) in [6.45, 7) is 0.0523. The lowest BCUT2D eigenvalue weighted by molar-refractivity contribution is 0.0696. The summed E-state index contributed by atoms with van der Waals surface area (Å²) < 4.78 is 10.7. The minimum absolute atomic E-state index is 0.0113. The standard InChI is InChI=1S/C8H4BrClO4/c9-4-1-3(8(11)12)5(10)7-6(4)13-2-14-7/h1H,2H2,(H,11,12). The van der Waals surface area contributed by atoms with Gasteiger partial charge in [0.25, 0.3) is 0 Å². The fourth-order valence-corrected chi connectivity index (χ4v) is 1.95. The first-order chi connectivity index (χ1) is 6.61. The molecule has 0 saturated carbocycles. The van der Waals surface area contributed by atoms with Crippen LogP contribution in [-0.2, 0) is 0 Å². The highest BCUT2D eigenvalue weighted by Crippen LogP contribution is 2.45. The molecule has 0 radical (unpaired) electrons. The van der Waals surface area contributed by atoms with Crippen LogP contribution in [0.25, 0.3) is 0 Å². The summed E-state index contributed by atoms with van der Waals surface area (Å²) >= 11 is 8.99. The maximum atomic E-state index is 10.8. The maximum absolute atomic E-state index is 10.8. The van der Waals surface area contributed by atoms with Crippen molar-refractivity contribution >= 4 is 33.5 Å². The van der Waals surface area contributed by atoms with Crippen LogP contribution in [0.15, 0.2) is 10.5 Å². The van der Waals surface area contributed by atoms with Crippen LogP contribution in [0, 0.1) is 0 Å². The summed E-state index contributed by atoms with van der Waals surface area (Å²) in [4.78, 5) is 10.8. The lowest BCUT2D eigenvalue weighted by Crippen LogP contribution is -1.98. The number of aromatic carboxylic acids is 1. The fraction of sp³-hybridized carbons (Fsp3) is 0.125. The number of carboxylic acid groups (broad SMARTS) is 1. The molecule has 1 heterocycles. The molecule has 1 aliphatic heterocycles. The summed E-state index contributed by atoms with van der Waals surface area (Å²) in [7, 11) is 0. The molecule has 0 unspecified atom stereocenters. The zero-order valence-electron chi connectivity index (χ0n) is 6.71. The highest BCUT2D eigenvalue weighted by atomic mass is 79.9. The van der Waals surface area contributed by atoms with E-state index < -0.39 is 5.97 Å². The molecular formula is C8H4BrClO4. The summed E-state index contributed by atoms with van der Waals surface area (Å²) in [6.07, 6.45) is 0. The van der Waals surface area contributed by atoms with Gasteiger partial charge in [-0.25, -0.2) is 4.79 Å². The van der Waals surface area contributed by atoms with Crippen LogP contribution in [0.1, 0.15) is 10.4 Å². The van der Waals surface area contributed by atoms with Crippen LogP contribution < -0.4 is 9.47 Å². The van der Waals surface area contributed by atoms with Crippen molar-refractivity contribution in [2.75, 3.05) is 6.79 Å². The summed E-state index contributed by atoms with van der Waals surface area (Å²) in [5, 5.41) is 8.88. The number of hydrogen-bond acceptors (Lipinski definition) is 3. The first kappa shape index (κ1) is 9.61. The summed E-state index contributed by atoms with van der Waals surface area (Å²) in [5.41, 5.74) is -0.0113. The molecule has 1 N–H and O–H groups in total. The zero-order chi connectivity index (χ0) is 10.3. The Balaban J connectivity index is 2.68. The number of carboxylic acids is 1. The van der Waals surface area contributed by atoms with Crippen molar-refractivity contribution in [2.24, 2.45) is 0 Å². The molecule has 6 heteroatoms. The highest BCUT2D eigenvalue weighted by molar-refractivity contribution is 9.10. The molecule has 0 bridgehead atoms. The van der Waals surface area contributed by atoms with Crippen LogP contribution in [0.4, 0.5) is 0 Å². The largest absolute Gasteiger partial charge is 0.478 e.